The molecule has 3 N–H and O–H groups in total. The smallest absolute Gasteiger partial charge is 0.326 e. The van der Waals surface area contributed by atoms with Crippen molar-refractivity contribution >= 4 is 33.2 Å². The van der Waals surface area contributed by atoms with Crippen LogP contribution in [0.2, 0.25) is 5.02 Å². The Morgan fingerprint density at radius 3 is 2.52 bits per heavy atom. The molecule has 0 saturated carbocycles. The first kappa shape index (κ1) is 22.7. The van der Waals surface area contributed by atoms with E-state index in [1.165, 1.54) is 12.1 Å². The van der Waals surface area contributed by atoms with E-state index in [2.05, 4.69) is 10.4 Å². The van der Waals surface area contributed by atoms with Crippen molar-refractivity contribution in [2.75, 3.05) is 5.32 Å². The number of amides is 1. The van der Waals surface area contributed by atoms with Crippen molar-refractivity contribution in [3.63, 3.8) is 0 Å². The van der Waals surface area contributed by atoms with Crippen molar-refractivity contribution in [3.8, 4) is 5.69 Å². The topological polar surface area (TPSA) is 107 Å². The zero-order valence-electron chi connectivity index (χ0n) is 15.3. The number of sulfonamides is 1. The Morgan fingerprint density at radius 1 is 1.19 bits per heavy atom. The maximum Gasteiger partial charge on any atom is 0.419 e. The van der Waals surface area contributed by atoms with E-state index in [-0.39, 0.29) is 28.4 Å². The Kier molecular flexibility index (Phi) is 6.07. The molecule has 31 heavy (non-hydrogen) atoms. The van der Waals surface area contributed by atoms with Gasteiger partial charge >= 0.3 is 6.18 Å². The summed E-state index contributed by atoms with van der Waals surface area (Å²) in [6.45, 7) is 0. The van der Waals surface area contributed by atoms with E-state index in [0.717, 1.165) is 24.3 Å². The van der Waals surface area contributed by atoms with Crippen LogP contribution in [0.4, 0.5) is 23.2 Å². The Morgan fingerprint density at radius 2 is 1.90 bits per heavy atom. The molecular weight excluding hydrogens is 464 g/mol. The van der Waals surface area contributed by atoms with E-state index in [1.54, 1.807) is 0 Å². The lowest BCUT2D eigenvalue weighted by atomic mass is 10.1. The van der Waals surface area contributed by atoms with E-state index in [1.807, 2.05) is 0 Å². The average molecular weight is 477 g/mol. The molecule has 0 atom stereocenters. The van der Waals surface area contributed by atoms with Gasteiger partial charge in [0, 0.05) is 16.9 Å². The number of halogens is 5. The molecule has 13 heteroatoms. The van der Waals surface area contributed by atoms with Gasteiger partial charge in [0.1, 0.15) is 10.7 Å². The number of hydrogen-bond donors (Lipinski definition) is 2. The Bertz CT molecular complexity index is 1260. The summed E-state index contributed by atoms with van der Waals surface area (Å²) in [7, 11) is -4.40. The number of anilines is 1. The van der Waals surface area contributed by atoms with Crippen molar-refractivity contribution in [3.05, 3.63) is 70.8 Å². The minimum absolute atomic E-state index is 0.00602. The minimum Gasteiger partial charge on any atom is -0.326 e. The fourth-order valence-electron chi connectivity index (χ4n) is 2.67. The molecule has 164 valence electrons. The summed E-state index contributed by atoms with van der Waals surface area (Å²) in [6, 6.07) is 6.86. The van der Waals surface area contributed by atoms with Crippen LogP contribution in [0.15, 0.2) is 53.7 Å². The van der Waals surface area contributed by atoms with Gasteiger partial charge in [-0.25, -0.2) is 22.6 Å². The largest absolute Gasteiger partial charge is 0.419 e. The second kappa shape index (κ2) is 8.29. The predicted molar refractivity (Wildman–Crippen MR) is 104 cm³/mol. The number of alkyl halides is 3. The van der Waals surface area contributed by atoms with Gasteiger partial charge in [-0.05, 0) is 42.0 Å². The first-order valence-corrected chi connectivity index (χ1v) is 10.3. The van der Waals surface area contributed by atoms with Gasteiger partial charge in [0.2, 0.25) is 15.9 Å². The third-order valence-electron chi connectivity index (χ3n) is 4.07. The maximum absolute atomic E-state index is 13.3. The molecule has 1 aromatic heterocycles. The number of nitrogens with two attached hydrogens (primary N) is 1. The van der Waals surface area contributed by atoms with Gasteiger partial charge in [-0.2, -0.15) is 18.3 Å². The summed E-state index contributed by atoms with van der Waals surface area (Å²) in [6.07, 6.45) is -3.84. The first-order valence-electron chi connectivity index (χ1n) is 8.37. The quantitative estimate of drug-likeness (QED) is 0.549. The minimum atomic E-state index is -4.67. The maximum atomic E-state index is 13.3. The van der Waals surface area contributed by atoms with Gasteiger partial charge < -0.3 is 5.32 Å². The van der Waals surface area contributed by atoms with Crippen LogP contribution in [-0.2, 0) is 27.4 Å². The molecule has 1 heterocycles. The van der Waals surface area contributed by atoms with Gasteiger partial charge in [0.15, 0.2) is 0 Å². The molecule has 1 amide bonds. The Labute approximate surface area is 178 Å². The summed E-state index contributed by atoms with van der Waals surface area (Å²) < 4.78 is 76.5. The van der Waals surface area contributed by atoms with Gasteiger partial charge in [0.05, 0.1) is 23.9 Å². The third-order valence-corrected chi connectivity index (χ3v) is 5.37. The van der Waals surface area contributed by atoms with Crippen LogP contribution in [0, 0.1) is 5.82 Å². The lowest BCUT2D eigenvalue weighted by molar-refractivity contribution is -0.137. The van der Waals surface area contributed by atoms with Gasteiger partial charge in [-0.15, -0.1) is 0 Å². The number of rotatable bonds is 5. The number of nitrogens with zero attached hydrogens (tertiary/aromatic N) is 2. The molecule has 3 aromatic rings. The predicted octanol–water partition coefficient (Wildman–Crippen LogP) is 3.51. The summed E-state index contributed by atoms with van der Waals surface area (Å²) in [5, 5.41) is 11.3. The molecule has 3 rings (SSSR count). The van der Waals surface area contributed by atoms with E-state index in [0.29, 0.717) is 17.1 Å². The Balaban J connectivity index is 1.91. The number of primary sulfonamides is 1. The molecule has 0 aliphatic rings. The number of benzene rings is 2. The molecule has 0 aliphatic heterocycles. The van der Waals surface area contributed by atoms with E-state index in [4.69, 9.17) is 16.7 Å². The van der Waals surface area contributed by atoms with Gasteiger partial charge in [-0.1, -0.05) is 11.6 Å². The van der Waals surface area contributed by atoms with Crippen LogP contribution in [0.1, 0.15) is 11.1 Å². The third kappa shape index (κ3) is 5.40. The van der Waals surface area contributed by atoms with Gasteiger partial charge in [-0.3, -0.25) is 4.79 Å². The summed E-state index contributed by atoms with van der Waals surface area (Å²) in [5.41, 5.74) is -1.13. The molecule has 0 unspecified atom stereocenters. The molecule has 0 aliphatic carbocycles. The van der Waals surface area contributed by atoms with E-state index < -0.39 is 38.4 Å². The summed E-state index contributed by atoms with van der Waals surface area (Å²) >= 11 is 5.92. The van der Waals surface area contributed by atoms with Crippen LogP contribution in [0.25, 0.3) is 5.69 Å². The highest BCUT2D eigenvalue weighted by molar-refractivity contribution is 7.89. The monoisotopic (exact) mass is 476 g/mol. The molecule has 0 radical (unpaired) electrons. The van der Waals surface area contributed by atoms with Crippen molar-refractivity contribution in [1.82, 2.24) is 9.78 Å². The first-order chi connectivity index (χ1) is 14.3. The molecule has 0 bridgehead atoms. The normalized spacial score (nSPS) is 12.1. The number of hydrogen-bond acceptors (Lipinski definition) is 4. The number of carbonyl (C=O) groups is 1. The van der Waals surface area contributed by atoms with Crippen LogP contribution in [0.5, 0.6) is 0 Å². The van der Waals surface area contributed by atoms with Crippen LogP contribution < -0.4 is 10.5 Å². The molecular formula is C18H13ClF4N4O3S. The SMILES string of the molecule is NS(=O)(=O)c1cc(NC(=O)Cc2cc(F)ccc2Cl)ccc1-n1cc(C(F)(F)F)cn1. The van der Waals surface area contributed by atoms with Crippen molar-refractivity contribution in [2.24, 2.45) is 5.14 Å². The van der Waals surface area contributed by atoms with E-state index >= 15 is 0 Å². The lowest BCUT2D eigenvalue weighted by Gasteiger charge is -2.12. The van der Waals surface area contributed by atoms with Crippen LogP contribution >= 0.6 is 11.6 Å². The van der Waals surface area contributed by atoms with Crippen molar-refractivity contribution in [1.29, 1.82) is 0 Å². The van der Waals surface area contributed by atoms with Gasteiger partial charge in [0.25, 0.3) is 0 Å². The zero-order valence-corrected chi connectivity index (χ0v) is 16.9. The second-order valence-corrected chi connectivity index (χ2v) is 8.30. The Hall–Kier alpha value is -2.96. The van der Waals surface area contributed by atoms with E-state index in [9.17, 15) is 30.8 Å². The average Bonchev–Trinajstić information content (AvgIpc) is 3.14. The number of carbonyl (C=O) groups excluding carboxylic acids is 1. The number of aromatic nitrogens is 2. The number of nitrogens with one attached hydrogen (secondary N) is 1. The fraction of sp³-hybridized carbons (Fsp3) is 0.111. The second-order valence-electron chi connectivity index (χ2n) is 6.36. The summed E-state index contributed by atoms with van der Waals surface area (Å²) in [4.78, 5) is 11.7. The highest BCUT2D eigenvalue weighted by Crippen LogP contribution is 2.30. The molecule has 2 aromatic carbocycles. The fourth-order valence-corrected chi connectivity index (χ4v) is 3.60. The summed E-state index contributed by atoms with van der Waals surface area (Å²) in [5.74, 6) is -1.23. The van der Waals surface area contributed by atoms with Crippen LogP contribution in [0.3, 0.4) is 0 Å². The standard InChI is InChI=1S/C18H13ClF4N4O3S/c19-14-3-1-12(20)5-10(14)6-17(28)26-13-2-4-15(16(7-13)31(24,29)30)27-9-11(8-25-27)18(21,22)23/h1-5,7-9H,6H2,(H,26,28)(H2,24,29,30). The van der Waals surface area contributed by atoms with Crippen molar-refractivity contribution < 1.29 is 30.8 Å². The highest BCUT2D eigenvalue weighted by atomic mass is 35.5. The lowest BCUT2D eigenvalue weighted by Crippen LogP contribution is -2.18. The zero-order chi connectivity index (χ0) is 23.0. The molecule has 7 nitrogen and oxygen atoms in total. The molecule has 0 spiro atoms. The molecule has 0 fully saturated rings. The van der Waals surface area contributed by atoms with Crippen molar-refractivity contribution in [2.45, 2.75) is 17.5 Å². The highest BCUT2D eigenvalue weighted by Gasteiger charge is 2.32. The molecule has 0 saturated heterocycles. The van der Waals surface area contributed by atoms with Crippen LogP contribution in [-0.4, -0.2) is 24.1 Å².